The lowest BCUT2D eigenvalue weighted by Crippen LogP contribution is -2.10. The molecule has 0 aromatic heterocycles. The van der Waals surface area contributed by atoms with E-state index in [2.05, 4.69) is 0 Å². The van der Waals surface area contributed by atoms with Crippen LogP contribution in [0.25, 0.3) is 11.1 Å². The number of anilines is 1. The van der Waals surface area contributed by atoms with Gasteiger partial charge in [-0.05, 0) is 23.8 Å². The molecule has 0 aliphatic heterocycles. The van der Waals surface area contributed by atoms with E-state index in [4.69, 9.17) is 5.73 Å². The van der Waals surface area contributed by atoms with Crippen molar-refractivity contribution in [3.8, 4) is 11.1 Å². The van der Waals surface area contributed by atoms with Gasteiger partial charge >= 0.3 is 0 Å². The Morgan fingerprint density at radius 3 is 2.44 bits per heavy atom. The van der Waals surface area contributed by atoms with Crippen LogP contribution in [-0.2, 0) is 6.54 Å². The van der Waals surface area contributed by atoms with Gasteiger partial charge in [-0.2, -0.15) is 0 Å². The van der Waals surface area contributed by atoms with Gasteiger partial charge in [-0.3, -0.25) is 0 Å². The molecule has 0 aliphatic rings. The number of halogens is 1. The second-order valence-corrected chi connectivity index (χ2v) is 4.43. The molecular weight excluding hydrogens is 227 g/mol. The average Bonchev–Trinajstić information content (AvgIpc) is 2.39. The molecule has 0 amide bonds. The fourth-order valence-corrected chi connectivity index (χ4v) is 2.00. The molecule has 2 aromatic carbocycles. The van der Waals surface area contributed by atoms with Gasteiger partial charge in [-0.1, -0.05) is 24.3 Å². The van der Waals surface area contributed by atoms with Crippen LogP contribution in [0.2, 0.25) is 0 Å². The van der Waals surface area contributed by atoms with Crippen LogP contribution in [0.4, 0.5) is 10.1 Å². The first kappa shape index (κ1) is 12.6. The highest BCUT2D eigenvalue weighted by Gasteiger charge is 2.11. The third-order valence-electron chi connectivity index (χ3n) is 2.94. The van der Waals surface area contributed by atoms with Crippen molar-refractivity contribution < 1.29 is 4.39 Å². The lowest BCUT2D eigenvalue weighted by atomic mass is 10.0. The molecule has 0 unspecified atom stereocenters. The minimum atomic E-state index is -0.221. The minimum absolute atomic E-state index is 0.221. The van der Waals surface area contributed by atoms with Crippen molar-refractivity contribution in [2.24, 2.45) is 5.73 Å². The highest BCUT2D eigenvalue weighted by molar-refractivity contribution is 5.79. The van der Waals surface area contributed by atoms with E-state index in [-0.39, 0.29) is 5.82 Å². The van der Waals surface area contributed by atoms with Crippen molar-refractivity contribution in [2.45, 2.75) is 6.54 Å². The van der Waals surface area contributed by atoms with Crippen molar-refractivity contribution in [2.75, 3.05) is 19.0 Å². The molecule has 0 saturated heterocycles. The summed E-state index contributed by atoms with van der Waals surface area (Å²) in [5, 5.41) is 0. The number of benzene rings is 2. The minimum Gasteiger partial charge on any atom is -0.377 e. The van der Waals surface area contributed by atoms with Crippen LogP contribution in [0.15, 0.2) is 42.5 Å². The van der Waals surface area contributed by atoms with E-state index in [0.29, 0.717) is 12.1 Å². The molecule has 2 aromatic rings. The maximum Gasteiger partial charge on any atom is 0.131 e. The van der Waals surface area contributed by atoms with Gasteiger partial charge in [0.05, 0.1) is 0 Å². The Bertz CT molecular complexity index is 550. The van der Waals surface area contributed by atoms with Gasteiger partial charge < -0.3 is 10.6 Å². The van der Waals surface area contributed by atoms with Crippen molar-refractivity contribution in [3.05, 3.63) is 53.8 Å². The fourth-order valence-electron chi connectivity index (χ4n) is 2.00. The molecule has 0 spiro atoms. The van der Waals surface area contributed by atoms with E-state index in [1.165, 1.54) is 6.07 Å². The first-order valence-electron chi connectivity index (χ1n) is 5.88. The average molecular weight is 244 g/mol. The van der Waals surface area contributed by atoms with E-state index >= 15 is 0 Å². The highest BCUT2D eigenvalue weighted by atomic mass is 19.1. The second-order valence-electron chi connectivity index (χ2n) is 4.43. The van der Waals surface area contributed by atoms with Crippen LogP contribution in [-0.4, -0.2) is 14.1 Å². The summed E-state index contributed by atoms with van der Waals surface area (Å²) in [5.41, 5.74) is 9.02. The first-order valence-corrected chi connectivity index (χ1v) is 5.88. The van der Waals surface area contributed by atoms with E-state index in [0.717, 1.165) is 16.8 Å². The van der Waals surface area contributed by atoms with Crippen LogP contribution in [0.5, 0.6) is 0 Å². The molecule has 0 atom stereocenters. The Morgan fingerprint density at radius 1 is 1.06 bits per heavy atom. The number of para-hydroxylation sites is 1. The highest BCUT2D eigenvalue weighted by Crippen LogP contribution is 2.32. The first-order chi connectivity index (χ1) is 8.63. The zero-order chi connectivity index (χ0) is 13.1. The number of rotatable bonds is 3. The van der Waals surface area contributed by atoms with E-state index in [1.807, 2.05) is 49.3 Å². The van der Waals surface area contributed by atoms with Crippen LogP contribution in [0.1, 0.15) is 5.56 Å². The lowest BCUT2D eigenvalue weighted by molar-refractivity contribution is 0.630. The molecular formula is C15H17FN2. The van der Waals surface area contributed by atoms with Gasteiger partial charge in [0.2, 0.25) is 0 Å². The van der Waals surface area contributed by atoms with Crippen LogP contribution >= 0.6 is 0 Å². The Hall–Kier alpha value is -1.87. The second kappa shape index (κ2) is 5.19. The Morgan fingerprint density at radius 2 is 1.78 bits per heavy atom. The number of nitrogens with zero attached hydrogens (tertiary/aromatic N) is 1. The summed E-state index contributed by atoms with van der Waals surface area (Å²) in [7, 11) is 3.90. The van der Waals surface area contributed by atoms with Gasteiger partial charge in [0, 0.05) is 37.5 Å². The normalized spacial score (nSPS) is 10.4. The molecule has 3 heteroatoms. The molecule has 2 N–H and O–H groups in total. The molecule has 0 saturated carbocycles. The molecule has 18 heavy (non-hydrogen) atoms. The number of hydrogen-bond acceptors (Lipinski definition) is 2. The zero-order valence-electron chi connectivity index (χ0n) is 10.7. The maximum atomic E-state index is 14.0. The topological polar surface area (TPSA) is 29.3 Å². The van der Waals surface area contributed by atoms with Gasteiger partial charge in [-0.15, -0.1) is 0 Å². The van der Waals surface area contributed by atoms with Crippen LogP contribution < -0.4 is 10.6 Å². The molecule has 0 heterocycles. The maximum absolute atomic E-state index is 14.0. The lowest BCUT2D eigenvalue weighted by Gasteiger charge is -2.18. The Kier molecular flexibility index (Phi) is 3.63. The summed E-state index contributed by atoms with van der Waals surface area (Å²) in [4.78, 5) is 1.98. The molecule has 0 fully saturated rings. The standard InChI is InChI=1S/C15H17FN2/c1-18(2)15-6-4-3-5-12(15)13-9-11(10-17)7-8-14(13)16/h3-9H,10,17H2,1-2H3. The number of hydrogen-bond donors (Lipinski definition) is 1. The largest absolute Gasteiger partial charge is 0.377 e. The molecule has 94 valence electrons. The van der Waals surface area contributed by atoms with Crippen molar-refractivity contribution in [3.63, 3.8) is 0 Å². The summed E-state index contributed by atoms with van der Waals surface area (Å²) in [6, 6.07) is 12.8. The van der Waals surface area contributed by atoms with Gasteiger partial charge in [0.15, 0.2) is 0 Å². The van der Waals surface area contributed by atoms with Crippen LogP contribution in [0.3, 0.4) is 0 Å². The smallest absolute Gasteiger partial charge is 0.131 e. The van der Waals surface area contributed by atoms with E-state index in [1.54, 1.807) is 6.07 Å². The fraction of sp³-hybridized carbons (Fsp3) is 0.200. The predicted octanol–water partition coefficient (Wildman–Crippen LogP) is 3.02. The molecule has 2 nitrogen and oxygen atoms in total. The van der Waals surface area contributed by atoms with E-state index in [9.17, 15) is 4.39 Å². The number of nitrogens with two attached hydrogens (primary N) is 1. The molecule has 2 rings (SSSR count). The monoisotopic (exact) mass is 244 g/mol. The van der Waals surface area contributed by atoms with Crippen LogP contribution in [0, 0.1) is 5.82 Å². The molecule has 0 radical (unpaired) electrons. The van der Waals surface area contributed by atoms with Gasteiger partial charge in [-0.25, -0.2) is 4.39 Å². The third-order valence-corrected chi connectivity index (χ3v) is 2.94. The van der Waals surface area contributed by atoms with Crippen molar-refractivity contribution in [1.82, 2.24) is 0 Å². The van der Waals surface area contributed by atoms with E-state index < -0.39 is 0 Å². The van der Waals surface area contributed by atoms with Gasteiger partial charge in [0.25, 0.3) is 0 Å². The summed E-state index contributed by atoms with van der Waals surface area (Å²) >= 11 is 0. The molecule has 0 aliphatic carbocycles. The SMILES string of the molecule is CN(C)c1ccccc1-c1cc(CN)ccc1F. The third kappa shape index (κ3) is 2.36. The Balaban J connectivity index is 2.61. The summed E-state index contributed by atoms with van der Waals surface area (Å²) in [5.74, 6) is -0.221. The summed E-state index contributed by atoms with van der Waals surface area (Å²) < 4.78 is 14.0. The quantitative estimate of drug-likeness (QED) is 0.899. The Labute approximate surface area is 107 Å². The molecule has 0 bridgehead atoms. The summed E-state index contributed by atoms with van der Waals surface area (Å²) in [6.45, 7) is 0.414. The zero-order valence-corrected chi connectivity index (χ0v) is 10.7. The van der Waals surface area contributed by atoms with Crippen molar-refractivity contribution in [1.29, 1.82) is 0 Å². The van der Waals surface area contributed by atoms with Gasteiger partial charge in [0.1, 0.15) is 5.82 Å². The van der Waals surface area contributed by atoms with Crippen molar-refractivity contribution >= 4 is 5.69 Å². The summed E-state index contributed by atoms with van der Waals surface area (Å²) in [6.07, 6.45) is 0. The predicted molar refractivity (Wildman–Crippen MR) is 74.1 cm³/mol.